The Morgan fingerprint density at radius 3 is 2.93 bits per heavy atom. The molecule has 4 heteroatoms. The van der Waals surface area contributed by atoms with Gasteiger partial charge in [-0.25, -0.2) is 4.52 Å². The van der Waals surface area contributed by atoms with Crippen LogP contribution in [0.25, 0.3) is 5.52 Å². The Hall–Kier alpha value is -1.42. The Kier molecular flexibility index (Phi) is 1.32. The maximum absolute atomic E-state index is 6.15. The first kappa shape index (κ1) is 7.94. The second-order valence-corrected chi connectivity index (χ2v) is 4.04. The molecule has 3 rings (SSSR count). The molecule has 0 spiro atoms. The van der Waals surface area contributed by atoms with E-state index in [0.717, 1.165) is 29.7 Å². The molecular formula is C10H12N4. The highest BCUT2D eigenvalue weighted by Gasteiger charge is 2.42. The maximum Gasteiger partial charge on any atom is 0.0898 e. The second-order valence-electron chi connectivity index (χ2n) is 4.04. The fourth-order valence-corrected chi connectivity index (χ4v) is 1.80. The Bertz CT molecular complexity index is 496. The maximum atomic E-state index is 6.15. The number of pyridine rings is 1. The summed E-state index contributed by atoms with van der Waals surface area (Å²) < 4.78 is 1.86. The van der Waals surface area contributed by atoms with Gasteiger partial charge < -0.3 is 5.73 Å². The third kappa shape index (κ3) is 0.915. The minimum absolute atomic E-state index is 0.153. The molecule has 1 fully saturated rings. The lowest BCUT2D eigenvalue weighted by Crippen LogP contribution is -2.22. The smallest absolute Gasteiger partial charge is 0.0898 e. The van der Waals surface area contributed by atoms with Crippen molar-refractivity contribution in [3.05, 3.63) is 29.6 Å². The van der Waals surface area contributed by atoms with Crippen molar-refractivity contribution in [3.63, 3.8) is 0 Å². The van der Waals surface area contributed by atoms with E-state index in [4.69, 9.17) is 5.73 Å². The molecule has 0 saturated heterocycles. The molecule has 2 aromatic heterocycles. The second kappa shape index (κ2) is 2.33. The van der Waals surface area contributed by atoms with E-state index in [1.54, 1.807) is 0 Å². The SMILES string of the molecule is Cc1nnn2c(C3(N)CC3)cccc12. The summed E-state index contributed by atoms with van der Waals surface area (Å²) in [5.74, 6) is 0. The fourth-order valence-electron chi connectivity index (χ4n) is 1.80. The lowest BCUT2D eigenvalue weighted by atomic mass is 10.1. The van der Waals surface area contributed by atoms with Crippen LogP contribution in [0.2, 0.25) is 0 Å². The molecule has 1 saturated carbocycles. The van der Waals surface area contributed by atoms with Crippen LogP contribution < -0.4 is 5.73 Å². The van der Waals surface area contributed by atoms with E-state index in [1.165, 1.54) is 0 Å². The van der Waals surface area contributed by atoms with Crippen LogP contribution in [0.3, 0.4) is 0 Å². The molecule has 0 aliphatic heterocycles. The largest absolute Gasteiger partial charge is 0.320 e. The van der Waals surface area contributed by atoms with Crippen LogP contribution in [-0.2, 0) is 5.54 Å². The van der Waals surface area contributed by atoms with Gasteiger partial charge in [0.05, 0.1) is 22.4 Å². The van der Waals surface area contributed by atoms with E-state index in [-0.39, 0.29) is 5.54 Å². The van der Waals surface area contributed by atoms with Crippen LogP contribution in [0.1, 0.15) is 24.2 Å². The van der Waals surface area contributed by atoms with Gasteiger partial charge >= 0.3 is 0 Å². The monoisotopic (exact) mass is 188 g/mol. The van der Waals surface area contributed by atoms with Gasteiger partial charge in [-0.05, 0) is 31.9 Å². The number of rotatable bonds is 1. The van der Waals surface area contributed by atoms with Gasteiger partial charge in [-0.3, -0.25) is 0 Å². The summed E-state index contributed by atoms with van der Waals surface area (Å²) in [4.78, 5) is 0. The summed E-state index contributed by atoms with van der Waals surface area (Å²) in [6.45, 7) is 1.96. The van der Waals surface area contributed by atoms with Crippen molar-refractivity contribution < 1.29 is 0 Å². The van der Waals surface area contributed by atoms with Gasteiger partial charge in [-0.15, -0.1) is 5.10 Å². The number of aromatic nitrogens is 3. The highest BCUT2D eigenvalue weighted by atomic mass is 15.4. The molecule has 0 amide bonds. The first-order valence-corrected chi connectivity index (χ1v) is 4.81. The highest BCUT2D eigenvalue weighted by molar-refractivity contribution is 5.51. The van der Waals surface area contributed by atoms with Gasteiger partial charge in [-0.2, -0.15) is 0 Å². The molecule has 0 unspecified atom stereocenters. The normalized spacial score (nSPS) is 18.7. The van der Waals surface area contributed by atoms with Crippen molar-refractivity contribution in [1.82, 2.24) is 14.8 Å². The predicted octanol–water partition coefficient (Wildman–Crippen LogP) is 0.986. The number of nitrogens with zero attached hydrogens (tertiary/aromatic N) is 3. The Labute approximate surface area is 81.7 Å². The average Bonchev–Trinajstić information content (AvgIpc) is 2.83. The van der Waals surface area contributed by atoms with Crippen LogP contribution in [-0.4, -0.2) is 14.8 Å². The fraction of sp³-hybridized carbons (Fsp3) is 0.400. The number of hydrogen-bond donors (Lipinski definition) is 1. The standard InChI is InChI=1S/C10H12N4/c1-7-8-3-2-4-9(10(11)5-6-10)14(8)13-12-7/h2-4H,5-6,11H2,1H3. The molecule has 2 heterocycles. The third-order valence-corrected chi connectivity index (χ3v) is 2.92. The van der Waals surface area contributed by atoms with E-state index in [9.17, 15) is 0 Å². The minimum atomic E-state index is -0.153. The van der Waals surface area contributed by atoms with Crippen molar-refractivity contribution >= 4 is 5.52 Å². The van der Waals surface area contributed by atoms with Crippen molar-refractivity contribution in [2.45, 2.75) is 25.3 Å². The Morgan fingerprint density at radius 2 is 2.21 bits per heavy atom. The summed E-state index contributed by atoms with van der Waals surface area (Å²) >= 11 is 0. The Balaban J connectivity index is 2.34. The van der Waals surface area contributed by atoms with Crippen LogP contribution >= 0.6 is 0 Å². The van der Waals surface area contributed by atoms with E-state index < -0.39 is 0 Å². The highest BCUT2D eigenvalue weighted by Crippen LogP contribution is 2.42. The number of nitrogens with two attached hydrogens (primary N) is 1. The first-order valence-electron chi connectivity index (χ1n) is 4.81. The number of aryl methyl sites for hydroxylation is 1. The summed E-state index contributed by atoms with van der Waals surface area (Å²) in [5.41, 5.74) is 9.09. The van der Waals surface area contributed by atoms with Gasteiger partial charge in [0.25, 0.3) is 0 Å². The summed E-state index contributed by atoms with van der Waals surface area (Å²) in [7, 11) is 0. The summed E-state index contributed by atoms with van der Waals surface area (Å²) in [6.07, 6.45) is 2.09. The van der Waals surface area contributed by atoms with E-state index >= 15 is 0 Å². The summed E-state index contributed by atoms with van der Waals surface area (Å²) in [5, 5.41) is 8.17. The first-order chi connectivity index (χ1) is 6.71. The Morgan fingerprint density at radius 1 is 1.43 bits per heavy atom. The molecule has 0 bridgehead atoms. The van der Waals surface area contributed by atoms with Crippen molar-refractivity contribution in [3.8, 4) is 0 Å². The molecule has 1 aliphatic carbocycles. The van der Waals surface area contributed by atoms with E-state index in [2.05, 4.69) is 10.3 Å². The molecule has 0 radical (unpaired) electrons. The van der Waals surface area contributed by atoms with Crippen LogP contribution in [0.4, 0.5) is 0 Å². The van der Waals surface area contributed by atoms with Crippen LogP contribution in [0.5, 0.6) is 0 Å². The topological polar surface area (TPSA) is 56.2 Å². The number of hydrogen-bond acceptors (Lipinski definition) is 3. The van der Waals surface area contributed by atoms with Crippen LogP contribution in [0, 0.1) is 6.92 Å². The lowest BCUT2D eigenvalue weighted by Gasteiger charge is -2.09. The predicted molar refractivity (Wildman–Crippen MR) is 52.8 cm³/mol. The molecule has 4 nitrogen and oxygen atoms in total. The quantitative estimate of drug-likeness (QED) is 0.726. The molecule has 2 N–H and O–H groups in total. The van der Waals surface area contributed by atoms with Crippen LogP contribution in [0.15, 0.2) is 18.2 Å². The summed E-state index contributed by atoms with van der Waals surface area (Å²) in [6, 6.07) is 6.08. The van der Waals surface area contributed by atoms with Gasteiger partial charge in [0.15, 0.2) is 0 Å². The lowest BCUT2D eigenvalue weighted by molar-refractivity contribution is 0.655. The number of fused-ring (bicyclic) bond motifs is 1. The molecule has 14 heavy (non-hydrogen) atoms. The molecule has 0 atom stereocenters. The molecule has 1 aliphatic rings. The van der Waals surface area contributed by atoms with Crippen molar-refractivity contribution in [2.24, 2.45) is 5.73 Å². The van der Waals surface area contributed by atoms with Crippen molar-refractivity contribution in [2.75, 3.05) is 0 Å². The van der Waals surface area contributed by atoms with E-state index in [0.29, 0.717) is 0 Å². The zero-order valence-corrected chi connectivity index (χ0v) is 8.07. The van der Waals surface area contributed by atoms with Gasteiger partial charge in [-0.1, -0.05) is 11.3 Å². The third-order valence-electron chi connectivity index (χ3n) is 2.92. The molecule has 0 aromatic carbocycles. The molecule has 72 valence electrons. The zero-order valence-electron chi connectivity index (χ0n) is 8.07. The van der Waals surface area contributed by atoms with Crippen molar-refractivity contribution in [1.29, 1.82) is 0 Å². The van der Waals surface area contributed by atoms with E-state index in [1.807, 2.05) is 29.6 Å². The molecular weight excluding hydrogens is 176 g/mol. The molecule has 2 aromatic rings. The zero-order chi connectivity index (χ0) is 9.76. The van der Waals surface area contributed by atoms with Gasteiger partial charge in [0.1, 0.15) is 0 Å². The average molecular weight is 188 g/mol. The minimum Gasteiger partial charge on any atom is -0.320 e. The van der Waals surface area contributed by atoms with Gasteiger partial charge in [0, 0.05) is 0 Å². The van der Waals surface area contributed by atoms with Gasteiger partial charge in [0.2, 0.25) is 0 Å².